The van der Waals surface area contributed by atoms with Gasteiger partial charge in [0.1, 0.15) is 5.75 Å². The van der Waals surface area contributed by atoms with Crippen molar-refractivity contribution in [2.24, 2.45) is 17.8 Å². The monoisotopic (exact) mass is 242 g/mol. The fourth-order valence-corrected chi connectivity index (χ4v) is 3.13. The summed E-state index contributed by atoms with van der Waals surface area (Å²) in [4.78, 5) is 24.9. The molecule has 1 N–H and O–H groups in total. The lowest BCUT2D eigenvalue weighted by atomic mass is 9.65. The van der Waals surface area contributed by atoms with Crippen LogP contribution in [0, 0.1) is 17.8 Å². The minimum Gasteiger partial charge on any atom is -0.507 e. The molecule has 18 heavy (non-hydrogen) atoms. The second-order valence-corrected chi connectivity index (χ2v) is 5.08. The van der Waals surface area contributed by atoms with Gasteiger partial charge in [0.2, 0.25) is 0 Å². The number of phenols is 1. The van der Waals surface area contributed by atoms with Crippen molar-refractivity contribution >= 4 is 11.6 Å². The molecule has 0 radical (unpaired) electrons. The summed E-state index contributed by atoms with van der Waals surface area (Å²) >= 11 is 0. The molecule has 0 aromatic heterocycles. The van der Waals surface area contributed by atoms with Gasteiger partial charge in [-0.1, -0.05) is 31.2 Å². The summed E-state index contributed by atoms with van der Waals surface area (Å²) < 4.78 is 0. The molecule has 2 aliphatic carbocycles. The molecule has 0 saturated heterocycles. The average Bonchev–Trinajstić information content (AvgIpc) is 2.35. The van der Waals surface area contributed by atoms with E-state index in [2.05, 4.69) is 0 Å². The van der Waals surface area contributed by atoms with Crippen molar-refractivity contribution < 1.29 is 14.7 Å². The quantitative estimate of drug-likeness (QED) is 0.711. The van der Waals surface area contributed by atoms with E-state index >= 15 is 0 Å². The predicted molar refractivity (Wildman–Crippen MR) is 66.7 cm³/mol. The topological polar surface area (TPSA) is 54.4 Å². The number of carbonyl (C=O) groups is 2. The van der Waals surface area contributed by atoms with E-state index in [4.69, 9.17) is 0 Å². The van der Waals surface area contributed by atoms with Crippen molar-refractivity contribution in [3.05, 3.63) is 41.5 Å². The van der Waals surface area contributed by atoms with Crippen LogP contribution in [0.15, 0.2) is 30.4 Å². The Bertz CT molecular complexity index is 571. The van der Waals surface area contributed by atoms with E-state index in [1.54, 1.807) is 12.1 Å². The highest BCUT2D eigenvalue weighted by atomic mass is 16.3. The number of allylic oxidation sites excluding steroid dienone is 2. The van der Waals surface area contributed by atoms with Crippen LogP contribution in [-0.2, 0) is 0 Å². The summed E-state index contributed by atoms with van der Waals surface area (Å²) in [5.41, 5.74) is 0.592. The van der Waals surface area contributed by atoms with Gasteiger partial charge in [0.05, 0.1) is 5.56 Å². The molecular weight excluding hydrogens is 228 g/mol. The molecule has 3 atom stereocenters. The first-order valence-corrected chi connectivity index (χ1v) is 6.18. The van der Waals surface area contributed by atoms with Crippen LogP contribution in [0.4, 0.5) is 0 Å². The Balaban J connectivity index is 2.20. The Morgan fingerprint density at radius 3 is 2.78 bits per heavy atom. The number of fused-ring (bicyclic) bond motifs is 2. The van der Waals surface area contributed by atoms with E-state index in [0.717, 1.165) is 0 Å². The Morgan fingerprint density at radius 2 is 2.00 bits per heavy atom. The Kier molecular flexibility index (Phi) is 2.37. The maximum atomic E-state index is 12.5. The molecule has 0 fully saturated rings. The van der Waals surface area contributed by atoms with Gasteiger partial charge in [-0.25, -0.2) is 0 Å². The van der Waals surface area contributed by atoms with E-state index in [1.807, 2.05) is 19.1 Å². The SMILES string of the molecule is CC1C=CCC2C(=O)c3c(O)cccc3C(=O)C12. The van der Waals surface area contributed by atoms with Gasteiger partial charge in [-0.2, -0.15) is 0 Å². The first-order valence-electron chi connectivity index (χ1n) is 6.18. The number of aromatic hydroxyl groups is 1. The van der Waals surface area contributed by atoms with Crippen molar-refractivity contribution in [3.63, 3.8) is 0 Å². The smallest absolute Gasteiger partial charge is 0.171 e. The highest BCUT2D eigenvalue weighted by Crippen LogP contribution is 2.42. The van der Waals surface area contributed by atoms with Crippen LogP contribution >= 0.6 is 0 Å². The molecule has 0 saturated carbocycles. The zero-order valence-electron chi connectivity index (χ0n) is 10.1. The summed E-state index contributed by atoms with van der Waals surface area (Å²) in [6, 6.07) is 4.71. The van der Waals surface area contributed by atoms with Crippen molar-refractivity contribution in [2.75, 3.05) is 0 Å². The van der Waals surface area contributed by atoms with Crippen LogP contribution in [0.3, 0.4) is 0 Å². The fraction of sp³-hybridized carbons (Fsp3) is 0.333. The van der Waals surface area contributed by atoms with Crippen molar-refractivity contribution in [1.29, 1.82) is 0 Å². The summed E-state index contributed by atoms with van der Waals surface area (Å²) in [7, 11) is 0. The van der Waals surface area contributed by atoms with Gasteiger partial charge in [0.25, 0.3) is 0 Å². The van der Waals surface area contributed by atoms with Gasteiger partial charge < -0.3 is 5.11 Å². The van der Waals surface area contributed by atoms with Gasteiger partial charge in [-0.05, 0) is 18.4 Å². The average molecular weight is 242 g/mol. The first-order chi connectivity index (χ1) is 8.61. The molecule has 2 aliphatic rings. The Hall–Kier alpha value is -1.90. The summed E-state index contributed by atoms with van der Waals surface area (Å²) in [6.45, 7) is 1.96. The molecule has 0 heterocycles. The molecular formula is C15H14O3. The highest BCUT2D eigenvalue weighted by molar-refractivity contribution is 6.17. The van der Waals surface area contributed by atoms with E-state index in [9.17, 15) is 14.7 Å². The van der Waals surface area contributed by atoms with E-state index in [1.165, 1.54) is 6.07 Å². The normalized spacial score (nSPS) is 29.9. The van der Waals surface area contributed by atoms with Crippen LogP contribution in [0.1, 0.15) is 34.1 Å². The Labute approximate surface area is 105 Å². The van der Waals surface area contributed by atoms with Crippen LogP contribution in [0.25, 0.3) is 0 Å². The molecule has 1 aromatic rings. The molecule has 0 aliphatic heterocycles. The molecule has 0 spiro atoms. The maximum Gasteiger partial charge on any atom is 0.171 e. The number of Topliss-reactive ketones (excluding diaryl/α,β-unsaturated/α-hetero) is 2. The lowest BCUT2D eigenvalue weighted by Gasteiger charge is -2.35. The van der Waals surface area contributed by atoms with Gasteiger partial charge in [0, 0.05) is 17.4 Å². The van der Waals surface area contributed by atoms with Gasteiger partial charge in [0.15, 0.2) is 11.6 Å². The largest absolute Gasteiger partial charge is 0.507 e. The highest BCUT2D eigenvalue weighted by Gasteiger charge is 2.45. The second-order valence-electron chi connectivity index (χ2n) is 5.08. The van der Waals surface area contributed by atoms with Crippen LogP contribution < -0.4 is 0 Å². The molecule has 3 heteroatoms. The molecule has 0 amide bonds. The van der Waals surface area contributed by atoms with Crippen LogP contribution in [0.2, 0.25) is 0 Å². The van der Waals surface area contributed by atoms with E-state index < -0.39 is 0 Å². The molecule has 3 unspecified atom stereocenters. The molecule has 0 bridgehead atoms. The number of hydrogen-bond acceptors (Lipinski definition) is 3. The third-order valence-electron chi connectivity index (χ3n) is 4.02. The zero-order valence-corrected chi connectivity index (χ0v) is 10.1. The van der Waals surface area contributed by atoms with Crippen LogP contribution in [0.5, 0.6) is 5.75 Å². The third-order valence-corrected chi connectivity index (χ3v) is 4.02. The molecule has 3 nitrogen and oxygen atoms in total. The number of benzene rings is 1. The summed E-state index contributed by atoms with van der Waals surface area (Å²) in [5, 5.41) is 9.81. The molecule has 3 rings (SSSR count). The summed E-state index contributed by atoms with van der Waals surface area (Å²) in [6.07, 6.45) is 4.55. The number of phenolic OH excluding ortho intramolecular Hbond substituents is 1. The lowest BCUT2D eigenvalue weighted by molar-refractivity contribution is 0.0685. The van der Waals surface area contributed by atoms with E-state index in [-0.39, 0.29) is 40.6 Å². The summed E-state index contributed by atoms with van der Waals surface area (Å²) in [5.74, 6) is -0.677. The molecule has 92 valence electrons. The number of ketones is 2. The van der Waals surface area contributed by atoms with Crippen molar-refractivity contribution in [2.45, 2.75) is 13.3 Å². The number of hydrogen-bond donors (Lipinski definition) is 1. The van der Waals surface area contributed by atoms with Crippen molar-refractivity contribution in [3.8, 4) is 5.75 Å². The van der Waals surface area contributed by atoms with Gasteiger partial charge in [-0.15, -0.1) is 0 Å². The fourth-order valence-electron chi connectivity index (χ4n) is 3.13. The standard InChI is InChI=1S/C15H14O3/c1-8-4-2-5-9-12(8)14(17)10-6-3-7-11(16)13(10)15(9)18/h2-4,6-9,12,16H,5H2,1H3. The number of rotatable bonds is 0. The maximum absolute atomic E-state index is 12.5. The molecule has 1 aromatic carbocycles. The minimum atomic E-state index is -0.307. The second kappa shape index (κ2) is 3.80. The van der Waals surface area contributed by atoms with Crippen LogP contribution in [-0.4, -0.2) is 16.7 Å². The van der Waals surface area contributed by atoms with Crippen molar-refractivity contribution in [1.82, 2.24) is 0 Å². The van der Waals surface area contributed by atoms with Gasteiger partial charge in [-0.3, -0.25) is 9.59 Å². The lowest BCUT2D eigenvalue weighted by Crippen LogP contribution is -2.41. The Morgan fingerprint density at radius 1 is 1.22 bits per heavy atom. The number of carbonyl (C=O) groups excluding carboxylic acids is 2. The zero-order chi connectivity index (χ0) is 12.9. The first kappa shape index (κ1) is 11.2. The third kappa shape index (κ3) is 1.37. The van der Waals surface area contributed by atoms with E-state index in [0.29, 0.717) is 12.0 Å². The minimum absolute atomic E-state index is 0.0117. The predicted octanol–water partition coefficient (Wildman–Crippen LogP) is 2.60. The van der Waals surface area contributed by atoms with Gasteiger partial charge >= 0.3 is 0 Å².